The number of methoxy groups -OCH3 is 1. The molecular formula is C18H24N2O5. The van der Waals surface area contributed by atoms with E-state index >= 15 is 0 Å². The summed E-state index contributed by atoms with van der Waals surface area (Å²) < 4.78 is 4.94. The van der Waals surface area contributed by atoms with Crippen molar-refractivity contribution >= 4 is 17.8 Å². The standard InChI is InChI=1S/C18H24N2O5/c1-25-12-2-9-19-16(21)13-7-10-20(11-8-13)17(22)14-3-5-15(6-4-14)18(23)24/h3-6,13H,2,7-12H2,1H3,(H,19,21)(H,23,24). The zero-order valence-corrected chi connectivity index (χ0v) is 14.4. The topological polar surface area (TPSA) is 95.9 Å². The maximum Gasteiger partial charge on any atom is 0.335 e. The second kappa shape index (κ2) is 9.17. The van der Waals surface area contributed by atoms with Gasteiger partial charge in [0.2, 0.25) is 5.91 Å². The highest BCUT2D eigenvalue weighted by atomic mass is 16.5. The van der Waals surface area contributed by atoms with E-state index in [0.29, 0.717) is 44.6 Å². The number of benzene rings is 1. The van der Waals surface area contributed by atoms with E-state index in [-0.39, 0.29) is 23.3 Å². The van der Waals surface area contributed by atoms with Crippen LogP contribution in [0.2, 0.25) is 0 Å². The predicted octanol–water partition coefficient (Wildman–Crippen LogP) is 1.39. The Morgan fingerprint density at radius 1 is 1.16 bits per heavy atom. The number of piperidine rings is 1. The molecule has 1 aromatic rings. The van der Waals surface area contributed by atoms with Crippen molar-refractivity contribution in [3.05, 3.63) is 35.4 Å². The molecule has 7 heteroatoms. The number of nitrogens with one attached hydrogen (secondary N) is 1. The van der Waals surface area contributed by atoms with Crippen molar-refractivity contribution in [1.82, 2.24) is 10.2 Å². The Bertz CT molecular complexity index is 606. The SMILES string of the molecule is COCCCNC(=O)C1CCN(C(=O)c2ccc(C(=O)O)cc2)CC1. The van der Waals surface area contributed by atoms with Crippen LogP contribution in [0.5, 0.6) is 0 Å². The molecule has 0 bridgehead atoms. The Morgan fingerprint density at radius 3 is 2.32 bits per heavy atom. The van der Waals surface area contributed by atoms with E-state index in [2.05, 4.69) is 5.32 Å². The number of carbonyl (C=O) groups excluding carboxylic acids is 2. The second-order valence-electron chi connectivity index (χ2n) is 6.09. The fourth-order valence-electron chi connectivity index (χ4n) is 2.86. The largest absolute Gasteiger partial charge is 0.478 e. The van der Waals surface area contributed by atoms with Crippen LogP contribution in [0, 0.1) is 5.92 Å². The van der Waals surface area contributed by atoms with E-state index in [9.17, 15) is 14.4 Å². The van der Waals surface area contributed by atoms with E-state index < -0.39 is 5.97 Å². The minimum Gasteiger partial charge on any atom is -0.478 e. The van der Waals surface area contributed by atoms with E-state index in [0.717, 1.165) is 6.42 Å². The monoisotopic (exact) mass is 348 g/mol. The van der Waals surface area contributed by atoms with Crippen molar-refractivity contribution in [1.29, 1.82) is 0 Å². The van der Waals surface area contributed by atoms with Crippen molar-refractivity contribution < 1.29 is 24.2 Å². The van der Waals surface area contributed by atoms with Crippen LogP contribution >= 0.6 is 0 Å². The molecule has 0 unspecified atom stereocenters. The first-order chi connectivity index (χ1) is 12.0. The highest BCUT2D eigenvalue weighted by Gasteiger charge is 2.27. The lowest BCUT2D eigenvalue weighted by molar-refractivity contribution is -0.126. The van der Waals surface area contributed by atoms with Crippen molar-refractivity contribution in [2.45, 2.75) is 19.3 Å². The molecule has 1 aliphatic heterocycles. The Balaban J connectivity index is 1.81. The molecule has 0 atom stereocenters. The molecule has 1 fully saturated rings. The van der Waals surface area contributed by atoms with E-state index in [1.54, 1.807) is 12.0 Å². The molecule has 25 heavy (non-hydrogen) atoms. The molecule has 1 heterocycles. The summed E-state index contributed by atoms with van der Waals surface area (Å²) in [6.45, 7) is 2.26. The summed E-state index contributed by atoms with van der Waals surface area (Å²) in [7, 11) is 1.63. The molecule has 0 radical (unpaired) electrons. The minimum atomic E-state index is -1.02. The van der Waals surface area contributed by atoms with Gasteiger partial charge in [0.05, 0.1) is 5.56 Å². The van der Waals surface area contributed by atoms with Crippen LogP contribution in [-0.4, -0.2) is 61.1 Å². The Labute approximate surface area is 147 Å². The Hall–Kier alpha value is -2.41. The van der Waals surface area contributed by atoms with Crippen molar-refractivity contribution in [2.75, 3.05) is 33.4 Å². The average Bonchev–Trinajstić information content (AvgIpc) is 2.64. The number of amides is 2. The third-order valence-corrected chi connectivity index (χ3v) is 4.36. The molecule has 2 N–H and O–H groups in total. The lowest BCUT2D eigenvalue weighted by atomic mass is 9.95. The fraction of sp³-hybridized carbons (Fsp3) is 0.500. The summed E-state index contributed by atoms with van der Waals surface area (Å²) in [5.74, 6) is -1.18. The zero-order chi connectivity index (χ0) is 18.2. The minimum absolute atomic E-state index is 0.0361. The van der Waals surface area contributed by atoms with Gasteiger partial charge in [-0.1, -0.05) is 0 Å². The van der Waals surface area contributed by atoms with Crippen molar-refractivity contribution in [2.24, 2.45) is 5.92 Å². The molecule has 1 aliphatic rings. The van der Waals surface area contributed by atoms with Crippen LogP contribution in [0.1, 0.15) is 40.0 Å². The molecule has 0 saturated carbocycles. The van der Waals surface area contributed by atoms with E-state index in [1.165, 1.54) is 24.3 Å². The maximum atomic E-state index is 12.5. The predicted molar refractivity (Wildman–Crippen MR) is 91.5 cm³/mol. The van der Waals surface area contributed by atoms with Gasteiger partial charge in [-0.05, 0) is 43.5 Å². The molecule has 136 valence electrons. The summed E-state index contributed by atoms with van der Waals surface area (Å²) in [6, 6.07) is 5.91. The van der Waals surface area contributed by atoms with Gasteiger partial charge in [-0.2, -0.15) is 0 Å². The molecule has 2 rings (SSSR count). The van der Waals surface area contributed by atoms with E-state index in [4.69, 9.17) is 9.84 Å². The number of rotatable bonds is 7. The first-order valence-corrected chi connectivity index (χ1v) is 8.42. The molecule has 0 spiro atoms. The normalized spacial score (nSPS) is 15.0. The fourth-order valence-corrected chi connectivity index (χ4v) is 2.86. The van der Waals surface area contributed by atoms with Gasteiger partial charge >= 0.3 is 5.97 Å². The van der Waals surface area contributed by atoms with Crippen LogP contribution in [-0.2, 0) is 9.53 Å². The summed E-state index contributed by atoms with van der Waals surface area (Å²) in [5.41, 5.74) is 0.618. The number of hydrogen-bond donors (Lipinski definition) is 2. The first kappa shape index (κ1) is 18.9. The second-order valence-corrected chi connectivity index (χ2v) is 6.09. The average molecular weight is 348 g/mol. The van der Waals surface area contributed by atoms with Crippen LogP contribution in [0.3, 0.4) is 0 Å². The van der Waals surface area contributed by atoms with Crippen LogP contribution < -0.4 is 5.32 Å². The molecule has 7 nitrogen and oxygen atoms in total. The summed E-state index contributed by atoms with van der Waals surface area (Å²) in [5, 5.41) is 11.8. The number of hydrogen-bond acceptors (Lipinski definition) is 4. The van der Waals surface area contributed by atoms with Crippen LogP contribution in [0.4, 0.5) is 0 Å². The summed E-state index contributed by atoms with van der Waals surface area (Å²) in [4.78, 5) is 37.1. The van der Waals surface area contributed by atoms with Gasteiger partial charge in [-0.15, -0.1) is 0 Å². The summed E-state index contributed by atoms with van der Waals surface area (Å²) >= 11 is 0. The third kappa shape index (κ3) is 5.29. The number of ether oxygens (including phenoxy) is 1. The number of carboxylic acids is 1. The Kier molecular flexibility index (Phi) is 6.94. The maximum absolute atomic E-state index is 12.5. The molecule has 1 aromatic carbocycles. The van der Waals surface area contributed by atoms with Gasteiger partial charge in [0.25, 0.3) is 5.91 Å². The number of aromatic carboxylic acids is 1. The van der Waals surface area contributed by atoms with Gasteiger partial charge in [0.1, 0.15) is 0 Å². The molecule has 0 aliphatic carbocycles. The Morgan fingerprint density at radius 2 is 1.76 bits per heavy atom. The van der Waals surface area contributed by atoms with Gasteiger partial charge in [-0.3, -0.25) is 9.59 Å². The molecule has 0 aromatic heterocycles. The van der Waals surface area contributed by atoms with Crippen LogP contribution in [0.25, 0.3) is 0 Å². The van der Waals surface area contributed by atoms with Crippen LogP contribution in [0.15, 0.2) is 24.3 Å². The van der Waals surface area contributed by atoms with Crippen molar-refractivity contribution in [3.63, 3.8) is 0 Å². The first-order valence-electron chi connectivity index (χ1n) is 8.42. The van der Waals surface area contributed by atoms with Crippen molar-refractivity contribution in [3.8, 4) is 0 Å². The third-order valence-electron chi connectivity index (χ3n) is 4.36. The number of likely N-dealkylation sites (tertiary alicyclic amines) is 1. The lowest BCUT2D eigenvalue weighted by Crippen LogP contribution is -2.43. The molecule has 2 amide bonds. The van der Waals surface area contributed by atoms with Gasteiger partial charge in [0, 0.05) is 44.8 Å². The van der Waals surface area contributed by atoms with Gasteiger partial charge in [0.15, 0.2) is 0 Å². The highest BCUT2D eigenvalue weighted by Crippen LogP contribution is 2.19. The number of carbonyl (C=O) groups is 3. The zero-order valence-electron chi connectivity index (χ0n) is 14.4. The summed E-state index contributed by atoms with van der Waals surface area (Å²) in [6.07, 6.45) is 2.05. The highest BCUT2D eigenvalue weighted by molar-refractivity contribution is 5.96. The smallest absolute Gasteiger partial charge is 0.335 e. The quantitative estimate of drug-likeness (QED) is 0.726. The van der Waals surface area contributed by atoms with Gasteiger partial charge in [-0.25, -0.2) is 4.79 Å². The number of nitrogens with zero attached hydrogens (tertiary/aromatic N) is 1. The molecular weight excluding hydrogens is 324 g/mol. The van der Waals surface area contributed by atoms with E-state index in [1.807, 2.05) is 0 Å². The number of carboxylic acid groups (broad SMARTS) is 1. The lowest BCUT2D eigenvalue weighted by Gasteiger charge is -2.31. The molecule has 1 saturated heterocycles. The van der Waals surface area contributed by atoms with Gasteiger partial charge < -0.3 is 20.1 Å².